The molecular formula is C18H21ClN2O4. The smallest absolute Gasteiger partial charge is 0.254 e. The number of methoxy groups -OCH3 is 1. The Kier molecular flexibility index (Phi) is 7.06. The predicted octanol–water partition coefficient (Wildman–Crippen LogP) is 2.84. The Morgan fingerprint density at radius 2 is 1.88 bits per heavy atom. The molecule has 25 heavy (non-hydrogen) atoms. The lowest BCUT2D eigenvalue weighted by molar-refractivity contribution is -0.128. The molecule has 6 nitrogen and oxygen atoms in total. The normalized spacial score (nSPS) is 16.4. The van der Waals surface area contributed by atoms with Gasteiger partial charge in [-0.2, -0.15) is 0 Å². The Labute approximate surface area is 152 Å². The highest BCUT2D eigenvalue weighted by Crippen LogP contribution is 2.31. The third kappa shape index (κ3) is 5.09. The monoisotopic (exact) mass is 364 g/mol. The second kappa shape index (κ2) is 9.27. The van der Waals surface area contributed by atoms with Gasteiger partial charge in [0.15, 0.2) is 11.5 Å². The second-order valence-corrected chi connectivity index (χ2v) is 5.33. The van der Waals surface area contributed by atoms with Crippen molar-refractivity contribution in [1.82, 2.24) is 5.32 Å². The molecule has 0 aliphatic carbocycles. The Balaban J connectivity index is 0.00000225. The molecule has 0 radical (unpaired) electrons. The van der Waals surface area contributed by atoms with Crippen LogP contribution in [0.3, 0.4) is 0 Å². The van der Waals surface area contributed by atoms with Gasteiger partial charge in [-0.1, -0.05) is 12.1 Å². The van der Waals surface area contributed by atoms with Crippen LogP contribution in [0.4, 0.5) is 5.69 Å². The van der Waals surface area contributed by atoms with E-state index in [2.05, 4.69) is 10.6 Å². The Morgan fingerprint density at radius 3 is 2.52 bits per heavy atom. The van der Waals surface area contributed by atoms with Crippen LogP contribution >= 0.6 is 12.4 Å². The molecule has 1 aliphatic heterocycles. The fraction of sp³-hybridized carbons (Fsp3) is 0.278. The van der Waals surface area contributed by atoms with Crippen molar-refractivity contribution in [2.45, 2.75) is 6.10 Å². The van der Waals surface area contributed by atoms with Gasteiger partial charge >= 0.3 is 0 Å². The van der Waals surface area contributed by atoms with Crippen molar-refractivity contribution in [2.24, 2.45) is 0 Å². The van der Waals surface area contributed by atoms with Crippen LogP contribution in [0.2, 0.25) is 0 Å². The molecule has 134 valence electrons. The second-order valence-electron chi connectivity index (χ2n) is 5.33. The van der Waals surface area contributed by atoms with Crippen LogP contribution in [0.15, 0.2) is 48.5 Å². The average molecular weight is 365 g/mol. The molecule has 0 saturated carbocycles. The third-order valence-corrected chi connectivity index (χ3v) is 3.64. The van der Waals surface area contributed by atoms with E-state index in [1.165, 1.54) is 0 Å². The lowest BCUT2D eigenvalue weighted by atomic mass is 10.2. The molecule has 0 spiro atoms. The van der Waals surface area contributed by atoms with Gasteiger partial charge in [0.05, 0.1) is 13.7 Å². The van der Waals surface area contributed by atoms with Crippen LogP contribution in [0.5, 0.6) is 17.2 Å². The lowest BCUT2D eigenvalue weighted by Crippen LogP contribution is -2.45. The molecule has 7 heteroatoms. The van der Waals surface area contributed by atoms with Crippen molar-refractivity contribution >= 4 is 24.0 Å². The van der Waals surface area contributed by atoms with Gasteiger partial charge in [0.1, 0.15) is 11.9 Å². The van der Waals surface area contributed by atoms with Gasteiger partial charge in [-0.25, -0.2) is 0 Å². The average Bonchev–Trinajstić information content (AvgIpc) is 2.64. The van der Waals surface area contributed by atoms with Gasteiger partial charge in [0.25, 0.3) is 5.91 Å². The summed E-state index contributed by atoms with van der Waals surface area (Å²) in [5, 5.41) is 5.97. The van der Waals surface area contributed by atoms with Gasteiger partial charge in [-0.3, -0.25) is 4.79 Å². The van der Waals surface area contributed by atoms with E-state index >= 15 is 0 Å². The van der Waals surface area contributed by atoms with Crippen molar-refractivity contribution in [3.8, 4) is 17.2 Å². The Morgan fingerprint density at radius 1 is 1.16 bits per heavy atom. The number of rotatable bonds is 5. The van der Waals surface area contributed by atoms with Crippen LogP contribution in [-0.4, -0.2) is 38.8 Å². The molecule has 1 unspecified atom stereocenters. The minimum atomic E-state index is -0.455. The molecule has 2 aromatic rings. The molecule has 1 fully saturated rings. The maximum atomic E-state index is 12.1. The first-order valence-corrected chi connectivity index (χ1v) is 7.80. The first-order valence-electron chi connectivity index (χ1n) is 7.80. The van der Waals surface area contributed by atoms with Crippen LogP contribution in [0, 0.1) is 0 Å². The van der Waals surface area contributed by atoms with Gasteiger partial charge in [0.2, 0.25) is 0 Å². The van der Waals surface area contributed by atoms with Crippen LogP contribution in [-0.2, 0) is 9.53 Å². The zero-order valence-electron chi connectivity index (χ0n) is 13.9. The molecule has 1 aliphatic rings. The molecular weight excluding hydrogens is 344 g/mol. The van der Waals surface area contributed by atoms with E-state index in [1.54, 1.807) is 31.4 Å². The number of nitrogens with one attached hydrogen (secondary N) is 2. The van der Waals surface area contributed by atoms with Crippen molar-refractivity contribution in [3.63, 3.8) is 0 Å². The van der Waals surface area contributed by atoms with Gasteiger partial charge in [0, 0.05) is 18.8 Å². The van der Waals surface area contributed by atoms with E-state index in [9.17, 15) is 4.79 Å². The first kappa shape index (κ1) is 19.1. The Hall–Kier alpha value is -2.28. The minimum absolute atomic E-state index is 0. The zero-order chi connectivity index (χ0) is 16.8. The zero-order valence-corrected chi connectivity index (χ0v) is 14.7. The summed E-state index contributed by atoms with van der Waals surface area (Å²) in [5.41, 5.74) is 0.696. The topological polar surface area (TPSA) is 68.8 Å². The van der Waals surface area contributed by atoms with Crippen molar-refractivity contribution < 1.29 is 19.0 Å². The number of para-hydroxylation sites is 2. The number of anilines is 1. The van der Waals surface area contributed by atoms with E-state index in [0.29, 0.717) is 36.1 Å². The van der Waals surface area contributed by atoms with E-state index in [0.717, 1.165) is 6.54 Å². The summed E-state index contributed by atoms with van der Waals surface area (Å²) in [6.45, 7) is 1.85. The molecule has 1 saturated heterocycles. The quantitative estimate of drug-likeness (QED) is 0.853. The van der Waals surface area contributed by atoms with Gasteiger partial charge in [-0.15, -0.1) is 12.4 Å². The summed E-state index contributed by atoms with van der Waals surface area (Å²) in [4.78, 5) is 12.1. The number of benzene rings is 2. The molecule has 2 aromatic carbocycles. The standard InChI is InChI=1S/C18H20N2O4.ClH/c1-22-15-4-2-3-5-16(15)24-14-8-6-13(7-9-14)20-18(21)17-12-19-10-11-23-17;/h2-9,17,19H,10-12H2,1H3,(H,20,21);1H. The molecule has 1 atom stereocenters. The predicted molar refractivity (Wildman–Crippen MR) is 98.0 cm³/mol. The van der Waals surface area contributed by atoms with E-state index in [1.807, 2.05) is 24.3 Å². The van der Waals surface area contributed by atoms with E-state index < -0.39 is 6.10 Å². The highest BCUT2D eigenvalue weighted by Gasteiger charge is 2.21. The number of ether oxygens (including phenoxy) is 3. The summed E-state index contributed by atoms with van der Waals surface area (Å²) in [6.07, 6.45) is -0.455. The molecule has 0 bridgehead atoms. The molecule has 1 amide bonds. The maximum Gasteiger partial charge on any atom is 0.254 e. The van der Waals surface area contributed by atoms with Crippen LogP contribution in [0.25, 0.3) is 0 Å². The molecule has 2 N–H and O–H groups in total. The van der Waals surface area contributed by atoms with Crippen molar-refractivity contribution in [1.29, 1.82) is 0 Å². The highest BCUT2D eigenvalue weighted by molar-refractivity contribution is 5.94. The largest absolute Gasteiger partial charge is 0.493 e. The lowest BCUT2D eigenvalue weighted by Gasteiger charge is -2.22. The fourth-order valence-corrected chi connectivity index (χ4v) is 2.39. The summed E-state index contributed by atoms with van der Waals surface area (Å²) < 4.78 is 16.5. The molecule has 3 rings (SSSR count). The number of hydrogen-bond acceptors (Lipinski definition) is 5. The van der Waals surface area contributed by atoms with Gasteiger partial charge < -0.3 is 24.8 Å². The van der Waals surface area contributed by atoms with Gasteiger partial charge in [-0.05, 0) is 36.4 Å². The van der Waals surface area contributed by atoms with Crippen molar-refractivity contribution in [3.05, 3.63) is 48.5 Å². The number of carbonyl (C=O) groups is 1. The number of carbonyl (C=O) groups excluding carboxylic acids is 1. The minimum Gasteiger partial charge on any atom is -0.493 e. The van der Waals surface area contributed by atoms with Crippen LogP contribution < -0.4 is 20.1 Å². The first-order chi connectivity index (χ1) is 11.8. The fourth-order valence-electron chi connectivity index (χ4n) is 2.39. The van der Waals surface area contributed by atoms with E-state index in [-0.39, 0.29) is 18.3 Å². The number of amides is 1. The highest BCUT2D eigenvalue weighted by atomic mass is 35.5. The third-order valence-electron chi connectivity index (χ3n) is 3.64. The molecule has 1 heterocycles. The summed E-state index contributed by atoms with van der Waals surface area (Å²) in [7, 11) is 1.60. The van der Waals surface area contributed by atoms with E-state index in [4.69, 9.17) is 14.2 Å². The number of hydrogen-bond donors (Lipinski definition) is 2. The summed E-state index contributed by atoms with van der Waals surface area (Å²) in [6, 6.07) is 14.6. The SMILES string of the molecule is COc1ccccc1Oc1ccc(NC(=O)C2CNCCO2)cc1.Cl. The van der Waals surface area contributed by atoms with Crippen molar-refractivity contribution in [2.75, 3.05) is 32.1 Å². The number of morpholine rings is 1. The van der Waals surface area contributed by atoms with Crippen LogP contribution in [0.1, 0.15) is 0 Å². The summed E-state index contributed by atoms with van der Waals surface area (Å²) in [5.74, 6) is 1.81. The Bertz CT molecular complexity index is 688. The maximum absolute atomic E-state index is 12.1. The molecule has 0 aromatic heterocycles. The summed E-state index contributed by atoms with van der Waals surface area (Å²) >= 11 is 0. The number of halogens is 1.